The summed E-state index contributed by atoms with van der Waals surface area (Å²) in [5.41, 5.74) is 0.630. The zero-order valence-corrected chi connectivity index (χ0v) is 16.9. The van der Waals surface area contributed by atoms with Crippen LogP contribution < -0.4 is 0 Å². The van der Waals surface area contributed by atoms with Crippen LogP contribution in [-0.2, 0) is 4.74 Å². The molecule has 2 fully saturated rings. The van der Waals surface area contributed by atoms with E-state index < -0.39 is 11.9 Å². The molecule has 5 heteroatoms. The quantitative estimate of drug-likeness (QED) is 0.716. The SMILES string of the molecule is CC(C)(C1CCC(O)CC1)C1CCC(OC(=O)c2cccc(C(=O)O)c2)CC1. The van der Waals surface area contributed by atoms with E-state index in [9.17, 15) is 14.7 Å². The van der Waals surface area contributed by atoms with Gasteiger partial charge in [-0.1, -0.05) is 19.9 Å². The number of hydrogen-bond donors (Lipinski definition) is 2. The van der Waals surface area contributed by atoms with E-state index in [0.717, 1.165) is 51.4 Å². The molecule has 1 aromatic rings. The Balaban J connectivity index is 1.53. The Hall–Kier alpha value is -1.88. The first-order valence-electron chi connectivity index (χ1n) is 10.5. The van der Waals surface area contributed by atoms with Gasteiger partial charge in [0.15, 0.2) is 0 Å². The van der Waals surface area contributed by atoms with E-state index in [0.29, 0.717) is 17.4 Å². The van der Waals surface area contributed by atoms with Crippen LogP contribution in [0.1, 0.15) is 85.9 Å². The largest absolute Gasteiger partial charge is 0.478 e. The normalized spacial score (nSPS) is 28.5. The van der Waals surface area contributed by atoms with Gasteiger partial charge in [0, 0.05) is 0 Å². The molecule has 0 aromatic heterocycles. The highest BCUT2D eigenvalue weighted by Crippen LogP contribution is 2.48. The number of ether oxygens (including phenoxy) is 1. The van der Waals surface area contributed by atoms with Crippen LogP contribution in [0, 0.1) is 17.3 Å². The summed E-state index contributed by atoms with van der Waals surface area (Å²) in [7, 11) is 0. The Bertz CT molecular complexity index is 695. The molecule has 0 aliphatic heterocycles. The number of aromatic carboxylic acids is 1. The molecule has 0 radical (unpaired) electrons. The van der Waals surface area contributed by atoms with Gasteiger partial charge in [-0.15, -0.1) is 0 Å². The second-order valence-electron chi connectivity index (χ2n) is 9.09. The van der Waals surface area contributed by atoms with Gasteiger partial charge in [0.2, 0.25) is 0 Å². The van der Waals surface area contributed by atoms with Gasteiger partial charge in [0.25, 0.3) is 0 Å². The van der Waals surface area contributed by atoms with E-state index in [4.69, 9.17) is 9.84 Å². The highest BCUT2D eigenvalue weighted by molar-refractivity contribution is 5.94. The Labute approximate surface area is 167 Å². The molecule has 0 spiro atoms. The van der Waals surface area contributed by atoms with Crippen molar-refractivity contribution in [1.82, 2.24) is 0 Å². The maximum Gasteiger partial charge on any atom is 0.338 e. The lowest BCUT2D eigenvalue weighted by atomic mass is 9.60. The van der Waals surface area contributed by atoms with Crippen molar-refractivity contribution in [1.29, 1.82) is 0 Å². The monoisotopic (exact) mass is 388 g/mol. The van der Waals surface area contributed by atoms with Crippen molar-refractivity contribution in [2.75, 3.05) is 0 Å². The first-order chi connectivity index (χ1) is 13.3. The zero-order valence-electron chi connectivity index (χ0n) is 16.9. The molecule has 0 bridgehead atoms. The summed E-state index contributed by atoms with van der Waals surface area (Å²) in [5, 5.41) is 18.9. The summed E-state index contributed by atoms with van der Waals surface area (Å²) in [4.78, 5) is 23.5. The third-order valence-corrected chi connectivity index (χ3v) is 7.09. The number of hydrogen-bond acceptors (Lipinski definition) is 4. The maximum atomic E-state index is 12.4. The number of esters is 1. The molecular formula is C23H32O5. The minimum absolute atomic E-state index is 0.0949. The molecule has 3 rings (SSSR count). The summed E-state index contributed by atoms with van der Waals surface area (Å²) in [6.45, 7) is 4.73. The summed E-state index contributed by atoms with van der Waals surface area (Å²) < 4.78 is 5.67. The van der Waals surface area contributed by atoms with Crippen LogP contribution in [0.3, 0.4) is 0 Å². The van der Waals surface area contributed by atoms with Crippen LogP contribution >= 0.6 is 0 Å². The molecule has 154 valence electrons. The molecule has 1 aromatic carbocycles. The van der Waals surface area contributed by atoms with E-state index in [1.165, 1.54) is 12.1 Å². The summed E-state index contributed by atoms with van der Waals surface area (Å²) in [6.07, 6.45) is 7.60. The Morgan fingerprint density at radius 2 is 1.46 bits per heavy atom. The van der Waals surface area contributed by atoms with Gasteiger partial charge in [0.05, 0.1) is 17.2 Å². The molecule has 2 aliphatic carbocycles. The lowest BCUT2D eigenvalue weighted by Gasteiger charge is -2.46. The molecule has 28 heavy (non-hydrogen) atoms. The number of carbonyl (C=O) groups is 2. The number of aliphatic hydroxyl groups is 1. The van der Waals surface area contributed by atoms with Crippen LogP contribution in [0.2, 0.25) is 0 Å². The lowest BCUT2D eigenvalue weighted by molar-refractivity contribution is -0.0129. The second-order valence-corrected chi connectivity index (χ2v) is 9.09. The molecule has 0 heterocycles. The molecule has 0 unspecified atom stereocenters. The first kappa shape index (κ1) is 20.8. The van der Waals surface area contributed by atoms with Crippen LogP contribution in [0.25, 0.3) is 0 Å². The standard InChI is InChI=1S/C23H32O5/c1-23(2,17-6-10-19(24)11-7-17)18-8-12-20(13-9-18)28-22(27)16-5-3-4-15(14-16)21(25)26/h3-5,14,17-20,24H,6-13H2,1-2H3,(H,25,26). The fraction of sp³-hybridized carbons (Fsp3) is 0.652. The van der Waals surface area contributed by atoms with Gasteiger partial charge in [-0.3, -0.25) is 0 Å². The molecule has 0 atom stereocenters. The average molecular weight is 389 g/mol. The molecule has 2 N–H and O–H groups in total. The van der Waals surface area contributed by atoms with Gasteiger partial charge in [-0.25, -0.2) is 9.59 Å². The van der Waals surface area contributed by atoms with E-state index in [2.05, 4.69) is 13.8 Å². The number of carboxylic acids is 1. The van der Waals surface area contributed by atoms with Crippen LogP contribution in [0.4, 0.5) is 0 Å². The smallest absolute Gasteiger partial charge is 0.338 e. The van der Waals surface area contributed by atoms with E-state index in [1.54, 1.807) is 12.1 Å². The number of benzene rings is 1. The maximum absolute atomic E-state index is 12.4. The van der Waals surface area contributed by atoms with Crippen LogP contribution in [-0.4, -0.2) is 34.4 Å². The highest BCUT2D eigenvalue weighted by atomic mass is 16.5. The summed E-state index contributed by atoms with van der Waals surface area (Å²) >= 11 is 0. The highest BCUT2D eigenvalue weighted by Gasteiger charge is 2.40. The average Bonchev–Trinajstić information content (AvgIpc) is 2.69. The van der Waals surface area contributed by atoms with Crippen molar-refractivity contribution >= 4 is 11.9 Å². The van der Waals surface area contributed by atoms with Crippen molar-refractivity contribution in [2.24, 2.45) is 17.3 Å². The Morgan fingerprint density at radius 1 is 0.929 bits per heavy atom. The van der Waals surface area contributed by atoms with Crippen LogP contribution in [0.15, 0.2) is 24.3 Å². The zero-order chi connectivity index (χ0) is 20.3. The van der Waals surface area contributed by atoms with Gasteiger partial charge in [0.1, 0.15) is 6.10 Å². The minimum atomic E-state index is -1.05. The molecule has 0 saturated heterocycles. The van der Waals surface area contributed by atoms with E-state index >= 15 is 0 Å². The topological polar surface area (TPSA) is 83.8 Å². The van der Waals surface area contributed by atoms with Gasteiger partial charge in [-0.2, -0.15) is 0 Å². The lowest BCUT2D eigenvalue weighted by Crippen LogP contribution is -2.39. The van der Waals surface area contributed by atoms with Crippen molar-refractivity contribution in [3.05, 3.63) is 35.4 Å². The molecule has 5 nitrogen and oxygen atoms in total. The van der Waals surface area contributed by atoms with Crippen molar-refractivity contribution in [3.8, 4) is 0 Å². The first-order valence-corrected chi connectivity index (χ1v) is 10.5. The van der Waals surface area contributed by atoms with Crippen molar-refractivity contribution in [3.63, 3.8) is 0 Å². The summed E-state index contributed by atoms with van der Waals surface area (Å²) in [6, 6.07) is 6.01. The van der Waals surface area contributed by atoms with Crippen LogP contribution in [0.5, 0.6) is 0 Å². The molecule has 0 amide bonds. The fourth-order valence-corrected chi connectivity index (χ4v) is 5.08. The van der Waals surface area contributed by atoms with Gasteiger partial charge < -0.3 is 14.9 Å². The van der Waals surface area contributed by atoms with Crippen molar-refractivity contribution < 1.29 is 24.5 Å². The third kappa shape index (κ3) is 4.75. The second kappa shape index (κ2) is 8.64. The predicted molar refractivity (Wildman–Crippen MR) is 106 cm³/mol. The van der Waals surface area contributed by atoms with Gasteiger partial charge >= 0.3 is 11.9 Å². The summed E-state index contributed by atoms with van der Waals surface area (Å²) in [5.74, 6) is -0.225. The van der Waals surface area contributed by atoms with E-state index in [-0.39, 0.29) is 23.2 Å². The molecule has 2 aliphatic rings. The number of rotatable bonds is 5. The number of carbonyl (C=O) groups excluding carboxylic acids is 1. The Kier molecular flexibility index (Phi) is 6.43. The predicted octanol–water partition coefficient (Wildman–Crippen LogP) is 4.68. The molecule has 2 saturated carbocycles. The van der Waals surface area contributed by atoms with Crippen molar-refractivity contribution in [2.45, 2.75) is 77.4 Å². The van der Waals surface area contributed by atoms with Gasteiger partial charge in [-0.05, 0) is 86.8 Å². The minimum Gasteiger partial charge on any atom is -0.478 e. The third-order valence-electron chi connectivity index (χ3n) is 7.09. The van der Waals surface area contributed by atoms with E-state index in [1.807, 2.05) is 0 Å². The molecular weight excluding hydrogens is 356 g/mol. The Morgan fingerprint density at radius 3 is 2.04 bits per heavy atom. The number of carboxylic acid groups (broad SMARTS) is 1. The number of aliphatic hydroxyl groups excluding tert-OH is 1. The fourth-order valence-electron chi connectivity index (χ4n) is 5.08.